The van der Waals surface area contributed by atoms with Crippen LogP contribution in [0.25, 0.3) is 0 Å². The number of hydrogen-bond donors (Lipinski definition) is 2. The molecule has 0 unspecified atom stereocenters. The van der Waals surface area contributed by atoms with Crippen molar-refractivity contribution in [3.8, 4) is 5.75 Å². The number of fused-ring (bicyclic) bond motifs is 1. The van der Waals surface area contributed by atoms with Crippen LogP contribution in [0.2, 0.25) is 0 Å². The van der Waals surface area contributed by atoms with Crippen LogP contribution in [-0.4, -0.2) is 49.8 Å². The van der Waals surface area contributed by atoms with E-state index >= 15 is 0 Å². The predicted octanol–water partition coefficient (Wildman–Crippen LogP) is 1.78. The van der Waals surface area contributed by atoms with E-state index in [2.05, 4.69) is 10.6 Å². The van der Waals surface area contributed by atoms with Gasteiger partial charge < -0.3 is 15.4 Å². The summed E-state index contributed by atoms with van der Waals surface area (Å²) in [5.74, 6) is -0.236. The standard InChI is InChI=1S/C20H27N3O5S/c1-3-16-20(25)22-15-9-12(2)18(10-17(15)28-16)29(26,27)23-8-4-5-13(11-23)19(24)21-14-6-7-14/h9-10,13-14,16H,3-8,11H2,1-2H3,(H,21,24)(H,22,25)/t13-,16+/m0/s1. The van der Waals surface area contributed by atoms with Gasteiger partial charge in [-0.1, -0.05) is 6.92 Å². The Kier molecular flexibility index (Phi) is 5.29. The van der Waals surface area contributed by atoms with Gasteiger partial charge in [0.15, 0.2) is 6.10 Å². The second-order valence-electron chi connectivity index (χ2n) is 8.10. The van der Waals surface area contributed by atoms with Gasteiger partial charge in [-0.25, -0.2) is 8.42 Å². The number of nitrogens with one attached hydrogen (secondary N) is 2. The molecular weight excluding hydrogens is 394 g/mol. The van der Waals surface area contributed by atoms with Crippen molar-refractivity contribution in [2.45, 2.75) is 63.0 Å². The molecule has 3 aliphatic rings. The van der Waals surface area contributed by atoms with Gasteiger partial charge >= 0.3 is 0 Å². The molecule has 2 atom stereocenters. The van der Waals surface area contributed by atoms with Gasteiger partial charge in [0.05, 0.1) is 16.5 Å². The van der Waals surface area contributed by atoms with E-state index in [4.69, 9.17) is 4.74 Å². The van der Waals surface area contributed by atoms with E-state index in [-0.39, 0.29) is 35.2 Å². The molecule has 1 saturated heterocycles. The number of piperidine rings is 1. The highest BCUT2D eigenvalue weighted by molar-refractivity contribution is 7.89. The van der Waals surface area contributed by atoms with E-state index in [0.717, 1.165) is 12.8 Å². The molecule has 1 aliphatic carbocycles. The molecular formula is C20H27N3O5S. The Morgan fingerprint density at radius 2 is 2.07 bits per heavy atom. The molecule has 1 aromatic carbocycles. The molecule has 8 nitrogen and oxygen atoms in total. The van der Waals surface area contributed by atoms with E-state index in [0.29, 0.717) is 42.8 Å². The third-order valence-electron chi connectivity index (χ3n) is 5.76. The van der Waals surface area contributed by atoms with Crippen molar-refractivity contribution in [2.75, 3.05) is 18.4 Å². The number of rotatable bonds is 5. The summed E-state index contributed by atoms with van der Waals surface area (Å²) in [5.41, 5.74) is 1.02. The predicted molar refractivity (Wildman–Crippen MR) is 107 cm³/mol. The molecule has 2 N–H and O–H groups in total. The fourth-order valence-electron chi connectivity index (χ4n) is 3.89. The van der Waals surface area contributed by atoms with Gasteiger partial charge in [0.1, 0.15) is 5.75 Å². The van der Waals surface area contributed by atoms with Crippen LogP contribution in [0.5, 0.6) is 5.75 Å². The van der Waals surface area contributed by atoms with Crippen LogP contribution in [0.4, 0.5) is 5.69 Å². The molecule has 9 heteroatoms. The van der Waals surface area contributed by atoms with E-state index in [1.807, 2.05) is 6.92 Å². The number of amides is 2. The Morgan fingerprint density at radius 1 is 1.31 bits per heavy atom. The normalized spacial score (nSPS) is 25.0. The molecule has 0 radical (unpaired) electrons. The van der Waals surface area contributed by atoms with Gasteiger partial charge in [-0.2, -0.15) is 4.31 Å². The van der Waals surface area contributed by atoms with Crippen LogP contribution in [-0.2, 0) is 19.6 Å². The van der Waals surface area contributed by atoms with Gasteiger partial charge in [0, 0.05) is 25.2 Å². The zero-order chi connectivity index (χ0) is 20.8. The number of benzene rings is 1. The first-order valence-corrected chi connectivity index (χ1v) is 11.7. The van der Waals surface area contributed by atoms with Crippen LogP contribution < -0.4 is 15.4 Å². The molecule has 0 spiro atoms. The second-order valence-corrected chi connectivity index (χ2v) is 10.0. The maximum atomic E-state index is 13.4. The van der Waals surface area contributed by atoms with Crippen LogP contribution in [0.3, 0.4) is 0 Å². The van der Waals surface area contributed by atoms with Crippen LogP contribution in [0.15, 0.2) is 17.0 Å². The van der Waals surface area contributed by atoms with E-state index in [1.165, 1.54) is 10.4 Å². The summed E-state index contributed by atoms with van der Waals surface area (Å²) in [6.45, 7) is 4.11. The van der Waals surface area contributed by atoms with Gasteiger partial charge in [-0.05, 0) is 50.7 Å². The number of sulfonamides is 1. The summed E-state index contributed by atoms with van der Waals surface area (Å²) in [7, 11) is -3.78. The molecule has 4 rings (SSSR count). The third-order valence-corrected chi connectivity index (χ3v) is 7.77. The van der Waals surface area contributed by atoms with Gasteiger partial charge in [0.2, 0.25) is 15.9 Å². The lowest BCUT2D eigenvalue weighted by Crippen LogP contribution is -2.46. The molecule has 2 amide bonds. The van der Waals surface area contributed by atoms with E-state index in [1.54, 1.807) is 13.0 Å². The van der Waals surface area contributed by atoms with Crippen molar-refractivity contribution in [3.63, 3.8) is 0 Å². The Bertz CT molecular complexity index is 942. The van der Waals surface area contributed by atoms with Crippen LogP contribution >= 0.6 is 0 Å². The highest BCUT2D eigenvalue weighted by Gasteiger charge is 2.37. The fraction of sp³-hybridized carbons (Fsp3) is 0.600. The van der Waals surface area contributed by atoms with Crippen molar-refractivity contribution in [1.29, 1.82) is 0 Å². The molecule has 1 aromatic rings. The molecule has 2 aliphatic heterocycles. The van der Waals surface area contributed by atoms with Crippen molar-refractivity contribution in [1.82, 2.24) is 9.62 Å². The molecule has 158 valence electrons. The molecule has 0 bridgehead atoms. The van der Waals surface area contributed by atoms with Gasteiger partial charge in [-0.3, -0.25) is 9.59 Å². The topological polar surface area (TPSA) is 105 Å². The summed E-state index contributed by atoms with van der Waals surface area (Å²) in [4.78, 5) is 24.6. The fourth-order valence-corrected chi connectivity index (χ4v) is 5.64. The third kappa shape index (κ3) is 3.98. The summed E-state index contributed by atoms with van der Waals surface area (Å²) >= 11 is 0. The SMILES string of the molecule is CC[C@H]1Oc2cc(S(=O)(=O)N3CCC[C@H](C(=O)NC4CC4)C3)c(C)cc2NC1=O. The largest absolute Gasteiger partial charge is 0.478 e. The molecule has 1 saturated carbocycles. The zero-order valence-electron chi connectivity index (χ0n) is 16.7. The Labute approximate surface area is 171 Å². The average Bonchev–Trinajstić information content (AvgIpc) is 3.51. The number of nitrogens with zero attached hydrogens (tertiary/aromatic N) is 1. The van der Waals surface area contributed by atoms with Crippen molar-refractivity contribution in [2.24, 2.45) is 5.92 Å². The zero-order valence-corrected chi connectivity index (χ0v) is 17.5. The molecule has 29 heavy (non-hydrogen) atoms. The monoisotopic (exact) mass is 421 g/mol. The lowest BCUT2D eigenvalue weighted by molar-refractivity contribution is -0.126. The number of aryl methyl sites for hydroxylation is 1. The van der Waals surface area contributed by atoms with Crippen molar-refractivity contribution in [3.05, 3.63) is 17.7 Å². The minimum atomic E-state index is -3.78. The Morgan fingerprint density at radius 3 is 2.76 bits per heavy atom. The highest BCUT2D eigenvalue weighted by Crippen LogP contribution is 2.36. The smallest absolute Gasteiger partial charge is 0.265 e. The number of ether oxygens (including phenoxy) is 1. The highest BCUT2D eigenvalue weighted by atomic mass is 32.2. The van der Waals surface area contributed by atoms with Gasteiger partial charge in [-0.15, -0.1) is 0 Å². The van der Waals surface area contributed by atoms with Crippen LogP contribution in [0, 0.1) is 12.8 Å². The number of carbonyl (C=O) groups is 2. The van der Waals surface area contributed by atoms with E-state index in [9.17, 15) is 18.0 Å². The Hall–Kier alpha value is -2.13. The first-order chi connectivity index (χ1) is 13.8. The molecule has 2 fully saturated rings. The Balaban J connectivity index is 1.58. The number of anilines is 1. The maximum Gasteiger partial charge on any atom is 0.265 e. The summed E-state index contributed by atoms with van der Waals surface area (Å²) < 4.78 is 33.9. The lowest BCUT2D eigenvalue weighted by Gasteiger charge is -2.32. The summed E-state index contributed by atoms with van der Waals surface area (Å²) in [6.07, 6.45) is 3.21. The number of carbonyl (C=O) groups excluding carboxylic acids is 2. The minimum absolute atomic E-state index is 0.0496. The first-order valence-electron chi connectivity index (χ1n) is 10.2. The van der Waals surface area contributed by atoms with E-state index < -0.39 is 16.1 Å². The summed E-state index contributed by atoms with van der Waals surface area (Å²) in [5, 5.41) is 5.76. The maximum absolute atomic E-state index is 13.4. The lowest BCUT2D eigenvalue weighted by atomic mass is 9.99. The van der Waals surface area contributed by atoms with Crippen molar-refractivity contribution < 1.29 is 22.7 Å². The minimum Gasteiger partial charge on any atom is -0.478 e. The average molecular weight is 422 g/mol. The number of hydrogen-bond acceptors (Lipinski definition) is 5. The van der Waals surface area contributed by atoms with Gasteiger partial charge in [0.25, 0.3) is 5.91 Å². The van der Waals surface area contributed by atoms with Crippen LogP contribution in [0.1, 0.15) is 44.6 Å². The second kappa shape index (κ2) is 7.60. The molecule has 2 heterocycles. The first kappa shape index (κ1) is 20.2. The van der Waals surface area contributed by atoms with Crippen molar-refractivity contribution >= 4 is 27.5 Å². The molecule has 0 aromatic heterocycles. The quantitative estimate of drug-likeness (QED) is 0.754. The summed E-state index contributed by atoms with van der Waals surface area (Å²) in [6, 6.07) is 3.39.